The second-order valence-electron chi connectivity index (χ2n) is 4.95. The van der Waals surface area contributed by atoms with Gasteiger partial charge in [0.25, 0.3) is 0 Å². The SMILES string of the molecule is NC(=O)CC(N)c1cc(Br)ccc1OC(=O)c1c(F)cccc1F. The van der Waals surface area contributed by atoms with Gasteiger partial charge in [-0.1, -0.05) is 22.0 Å². The van der Waals surface area contributed by atoms with Gasteiger partial charge >= 0.3 is 5.97 Å². The van der Waals surface area contributed by atoms with Crippen LogP contribution in [0.15, 0.2) is 40.9 Å². The van der Waals surface area contributed by atoms with E-state index >= 15 is 0 Å². The lowest BCUT2D eigenvalue weighted by Gasteiger charge is -2.16. The van der Waals surface area contributed by atoms with Gasteiger partial charge in [-0.25, -0.2) is 13.6 Å². The predicted molar refractivity (Wildman–Crippen MR) is 86.2 cm³/mol. The first-order chi connectivity index (χ1) is 11.3. The van der Waals surface area contributed by atoms with Crippen molar-refractivity contribution < 1.29 is 23.1 Å². The Morgan fingerprint density at radius 1 is 1.17 bits per heavy atom. The number of carbonyl (C=O) groups excluding carboxylic acids is 2. The molecule has 126 valence electrons. The van der Waals surface area contributed by atoms with E-state index in [1.807, 2.05) is 0 Å². The molecular weight excluding hydrogens is 386 g/mol. The molecule has 0 aliphatic carbocycles. The summed E-state index contributed by atoms with van der Waals surface area (Å²) in [5.74, 6) is -3.94. The highest BCUT2D eigenvalue weighted by molar-refractivity contribution is 9.10. The minimum Gasteiger partial charge on any atom is -0.422 e. The van der Waals surface area contributed by atoms with E-state index in [9.17, 15) is 18.4 Å². The first-order valence-electron chi connectivity index (χ1n) is 6.79. The third-order valence-electron chi connectivity index (χ3n) is 3.16. The van der Waals surface area contributed by atoms with Crippen molar-refractivity contribution in [3.05, 3.63) is 63.6 Å². The van der Waals surface area contributed by atoms with Crippen LogP contribution in [-0.2, 0) is 4.79 Å². The molecule has 24 heavy (non-hydrogen) atoms. The Balaban J connectivity index is 2.36. The summed E-state index contributed by atoms with van der Waals surface area (Å²) >= 11 is 3.23. The van der Waals surface area contributed by atoms with Gasteiger partial charge in [-0.05, 0) is 30.3 Å². The Bertz CT molecular complexity index is 779. The minimum absolute atomic E-state index is 0.0143. The number of ether oxygens (including phenoxy) is 1. The number of halogens is 3. The van der Waals surface area contributed by atoms with E-state index in [1.165, 1.54) is 12.1 Å². The summed E-state index contributed by atoms with van der Waals surface area (Å²) in [5.41, 5.74) is 10.5. The number of amides is 1. The van der Waals surface area contributed by atoms with Crippen molar-refractivity contribution in [3.63, 3.8) is 0 Å². The van der Waals surface area contributed by atoms with Gasteiger partial charge in [-0.3, -0.25) is 4.79 Å². The van der Waals surface area contributed by atoms with Crippen LogP contribution in [0.4, 0.5) is 8.78 Å². The molecule has 2 rings (SSSR count). The van der Waals surface area contributed by atoms with Crippen molar-refractivity contribution in [1.82, 2.24) is 0 Å². The van der Waals surface area contributed by atoms with E-state index in [0.717, 1.165) is 18.2 Å². The topological polar surface area (TPSA) is 95.4 Å². The maximum absolute atomic E-state index is 13.7. The largest absolute Gasteiger partial charge is 0.422 e. The highest BCUT2D eigenvalue weighted by Gasteiger charge is 2.22. The van der Waals surface area contributed by atoms with E-state index in [2.05, 4.69) is 15.9 Å². The molecule has 0 bridgehead atoms. The lowest BCUT2D eigenvalue weighted by molar-refractivity contribution is -0.118. The summed E-state index contributed by atoms with van der Waals surface area (Å²) in [4.78, 5) is 23.1. The zero-order valence-corrected chi connectivity index (χ0v) is 13.8. The molecule has 0 aliphatic rings. The van der Waals surface area contributed by atoms with Crippen LogP contribution < -0.4 is 16.2 Å². The third kappa shape index (κ3) is 4.15. The smallest absolute Gasteiger partial charge is 0.349 e. The number of rotatable bonds is 5. The molecule has 0 fully saturated rings. The Morgan fingerprint density at radius 2 is 1.79 bits per heavy atom. The highest BCUT2D eigenvalue weighted by atomic mass is 79.9. The fourth-order valence-electron chi connectivity index (χ4n) is 2.07. The van der Waals surface area contributed by atoms with Crippen LogP contribution in [0, 0.1) is 11.6 Å². The van der Waals surface area contributed by atoms with Crippen molar-refractivity contribution in [1.29, 1.82) is 0 Å². The molecule has 0 spiro atoms. The first-order valence-corrected chi connectivity index (χ1v) is 7.58. The van der Waals surface area contributed by atoms with Crippen LogP contribution in [0.5, 0.6) is 5.75 Å². The molecular formula is C16H13BrF2N2O3. The molecule has 2 aromatic rings. The normalized spacial score (nSPS) is 11.8. The zero-order chi connectivity index (χ0) is 17.9. The quantitative estimate of drug-likeness (QED) is 0.597. The molecule has 1 amide bonds. The van der Waals surface area contributed by atoms with Crippen molar-refractivity contribution in [2.45, 2.75) is 12.5 Å². The monoisotopic (exact) mass is 398 g/mol. The van der Waals surface area contributed by atoms with E-state index < -0.39 is 35.1 Å². The summed E-state index contributed by atoms with van der Waals surface area (Å²) in [6.45, 7) is 0. The minimum atomic E-state index is -1.21. The Hall–Kier alpha value is -2.32. The second kappa shape index (κ2) is 7.50. The van der Waals surface area contributed by atoms with Gasteiger partial charge in [0.1, 0.15) is 22.9 Å². The van der Waals surface area contributed by atoms with Crippen LogP contribution in [0.2, 0.25) is 0 Å². The Labute approximate surface area is 144 Å². The molecule has 0 heterocycles. The maximum atomic E-state index is 13.7. The fraction of sp³-hybridized carbons (Fsp3) is 0.125. The van der Waals surface area contributed by atoms with Gasteiger partial charge in [-0.2, -0.15) is 0 Å². The molecule has 4 N–H and O–H groups in total. The van der Waals surface area contributed by atoms with Crippen LogP contribution in [0.25, 0.3) is 0 Å². The van der Waals surface area contributed by atoms with Crippen LogP contribution in [0.1, 0.15) is 28.4 Å². The number of hydrogen-bond donors (Lipinski definition) is 2. The molecule has 0 saturated carbocycles. The van der Waals surface area contributed by atoms with E-state index in [0.29, 0.717) is 10.0 Å². The standard InChI is InChI=1S/C16H13BrF2N2O3/c17-8-4-5-13(9(6-8)12(20)7-14(21)22)24-16(23)15-10(18)2-1-3-11(15)19/h1-6,12H,7,20H2,(H2,21,22). The lowest BCUT2D eigenvalue weighted by atomic mass is 10.0. The molecule has 5 nitrogen and oxygen atoms in total. The van der Waals surface area contributed by atoms with Gasteiger partial charge in [0.05, 0.1) is 0 Å². The Morgan fingerprint density at radius 3 is 2.38 bits per heavy atom. The summed E-state index contributed by atoms with van der Waals surface area (Å²) in [5, 5.41) is 0. The average Bonchev–Trinajstić information content (AvgIpc) is 2.48. The number of nitrogens with two attached hydrogens (primary N) is 2. The van der Waals surface area contributed by atoms with Gasteiger partial charge in [-0.15, -0.1) is 0 Å². The van der Waals surface area contributed by atoms with Gasteiger partial charge in [0.2, 0.25) is 5.91 Å². The molecule has 0 radical (unpaired) electrons. The number of carbonyl (C=O) groups is 2. The lowest BCUT2D eigenvalue weighted by Crippen LogP contribution is -2.22. The Kier molecular flexibility index (Phi) is 5.63. The van der Waals surface area contributed by atoms with Crippen LogP contribution in [0.3, 0.4) is 0 Å². The number of esters is 1. The van der Waals surface area contributed by atoms with Crippen molar-refractivity contribution >= 4 is 27.8 Å². The molecule has 0 saturated heterocycles. The zero-order valence-electron chi connectivity index (χ0n) is 12.3. The van der Waals surface area contributed by atoms with Gasteiger partial charge < -0.3 is 16.2 Å². The van der Waals surface area contributed by atoms with Gasteiger partial charge in [0, 0.05) is 22.5 Å². The number of primary amides is 1. The van der Waals surface area contributed by atoms with Crippen molar-refractivity contribution in [3.8, 4) is 5.75 Å². The van der Waals surface area contributed by atoms with E-state index in [-0.39, 0.29) is 12.2 Å². The molecule has 1 atom stereocenters. The molecule has 8 heteroatoms. The van der Waals surface area contributed by atoms with Gasteiger partial charge in [0.15, 0.2) is 0 Å². The van der Waals surface area contributed by atoms with Crippen LogP contribution in [-0.4, -0.2) is 11.9 Å². The molecule has 2 aromatic carbocycles. The van der Waals surface area contributed by atoms with E-state index in [1.54, 1.807) is 6.07 Å². The number of benzene rings is 2. The van der Waals surface area contributed by atoms with Crippen molar-refractivity contribution in [2.24, 2.45) is 11.5 Å². The maximum Gasteiger partial charge on any atom is 0.349 e. The molecule has 1 unspecified atom stereocenters. The number of hydrogen-bond acceptors (Lipinski definition) is 4. The fourth-order valence-corrected chi connectivity index (χ4v) is 2.45. The summed E-state index contributed by atoms with van der Waals surface area (Å²) in [6, 6.07) is 6.68. The molecule has 0 aliphatic heterocycles. The van der Waals surface area contributed by atoms with E-state index in [4.69, 9.17) is 16.2 Å². The summed E-state index contributed by atoms with van der Waals surface area (Å²) in [7, 11) is 0. The predicted octanol–water partition coefficient (Wildman–Crippen LogP) is 2.82. The molecule has 0 aromatic heterocycles. The summed E-state index contributed by atoms with van der Waals surface area (Å²) < 4.78 is 33.0. The summed E-state index contributed by atoms with van der Waals surface area (Å²) in [6.07, 6.45) is -0.185. The van der Waals surface area contributed by atoms with Crippen LogP contribution >= 0.6 is 15.9 Å². The average molecular weight is 399 g/mol. The third-order valence-corrected chi connectivity index (χ3v) is 3.66. The first kappa shape index (κ1) is 18.0. The highest BCUT2D eigenvalue weighted by Crippen LogP contribution is 2.30. The second-order valence-corrected chi connectivity index (χ2v) is 5.86. The van der Waals surface area contributed by atoms with Crippen molar-refractivity contribution in [2.75, 3.05) is 0 Å².